The molecule has 0 bridgehead atoms. The first-order chi connectivity index (χ1) is 10.4. The van der Waals surface area contributed by atoms with E-state index in [1.54, 1.807) is 6.33 Å². The highest BCUT2D eigenvalue weighted by atomic mass is 15.3. The molecule has 1 rings (SSSR count). The summed E-state index contributed by atoms with van der Waals surface area (Å²) in [6.07, 6.45) is 20.1. The van der Waals surface area contributed by atoms with Gasteiger partial charge in [0.25, 0.3) is 0 Å². The van der Waals surface area contributed by atoms with E-state index in [1.807, 2.05) is 11.0 Å². The molecule has 1 unspecified atom stereocenters. The second kappa shape index (κ2) is 12.8. The molecule has 122 valence electrons. The zero-order chi connectivity index (χ0) is 15.2. The summed E-state index contributed by atoms with van der Waals surface area (Å²) < 4.78 is 2.02. The summed E-state index contributed by atoms with van der Waals surface area (Å²) in [6, 6.07) is 0. The molecule has 0 saturated heterocycles. The Morgan fingerprint density at radius 3 is 1.95 bits per heavy atom. The number of hydrogen-bond acceptors (Lipinski definition) is 2. The Kier molecular flexibility index (Phi) is 11.1. The Morgan fingerprint density at radius 2 is 1.38 bits per heavy atom. The van der Waals surface area contributed by atoms with Crippen LogP contribution >= 0.6 is 0 Å². The van der Waals surface area contributed by atoms with Crippen molar-refractivity contribution in [3.8, 4) is 0 Å². The van der Waals surface area contributed by atoms with Crippen LogP contribution in [-0.4, -0.2) is 14.8 Å². The lowest BCUT2D eigenvalue weighted by molar-refractivity contribution is 0.343. The molecule has 0 aliphatic rings. The normalized spacial score (nSPS) is 12.7. The van der Waals surface area contributed by atoms with Crippen molar-refractivity contribution in [3.63, 3.8) is 0 Å². The third-order valence-electron chi connectivity index (χ3n) is 4.34. The van der Waals surface area contributed by atoms with Crippen molar-refractivity contribution in [1.29, 1.82) is 0 Å². The number of rotatable bonds is 14. The average molecular weight is 293 g/mol. The molecule has 0 radical (unpaired) electrons. The largest absolute Gasteiger partial charge is 0.253 e. The lowest BCUT2D eigenvalue weighted by Gasteiger charge is -2.16. The van der Waals surface area contributed by atoms with Crippen LogP contribution in [0.2, 0.25) is 0 Å². The van der Waals surface area contributed by atoms with E-state index >= 15 is 0 Å². The first-order valence-corrected chi connectivity index (χ1v) is 9.19. The fraction of sp³-hybridized carbons (Fsp3) is 0.889. The van der Waals surface area contributed by atoms with Crippen LogP contribution < -0.4 is 0 Å². The predicted octanol–water partition coefficient (Wildman–Crippen LogP) is 5.62. The monoisotopic (exact) mass is 293 g/mol. The van der Waals surface area contributed by atoms with Gasteiger partial charge in [0.15, 0.2) is 0 Å². The number of nitrogens with zero attached hydrogens (tertiary/aromatic N) is 3. The van der Waals surface area contributed by atoms with E-state index in [1.165, 1.54) is 77.0 Å². The molecule has 0 aromatic carbocycles. The van der Waals surface area contributed by atoms with Gasteiger partial charge in [-0.05, 0) is 18.8 Å². The molecule has 0 N–H and O–H groups in total. The SMILES string of the molecule is CCCCCCCCC(CCCCCC)Cn1cncn1. The van der Waals surface area contributed by atoms with Crippen LogP contribution in [0, 0.1) is 5.92 Å². The van der Waals surface area contributed by atoms with Gasteiger partial charge >= 0.3 is 0 Å². The van der Waals surface area contributed by atoms with E-state index in [9.17, 15) is 0 Å². The van der Waals surface area contributed by atoms with Gasteiger partial charge in [-0.2, -0.15) is 5.10 Å². The van der Waals surface area contributed by atoms with Gasteiger partial charge in [-0.3, -0.25) is 4.68 Å². The molecule has 3 nitrogen and oxygen atoms in total. The summed E-state index contributed by atoms with van der Waals surface area (Å²) >= 11 is 0. The fourth-order valence-corrected chi connectivity index (χ4v) is 2.99. The maximum atomic E-state index is 4.27. The molecule has 0 fully saturated rings. The van der Waals surface area contributed by atoms with Crippen LogP contribution in [0.5, 0.6) is 0 Å². The van der Waals surface area contributed by atoms with Gasteiger partial charge in [0.1, 0.15) is 12.7 Å². The van der Waals surface area contributed by atoms with Gasteiger partial charge in [-0.15, -0.1) is 0 Å². The zero-order valence-electron chi connectivity index (χ0n) is 14.3. The summed E-state index contributed by atoms with van der Waals surface area (Å²) in [5.74, 6) is 0.787. The minimum absolute atomic E-state index is 0.787. The van der Waals surface area contributed by atoms with Crippen LogP contribution in [-0.2, 0) is 6.54 Å². The van der Waals surface area contributed by atoms with Gasteiger partial charge in [0.2, 0.25) is 0 Å². The highest BCUT2D eigenvalue weighted by molar-refractivity contribution is 4.64. The Morgan fingerprint density at radius 1 is 0.810 bits per heavy atom. The van der Waals surface area contributed by atoms with Crippen molar-refractivity contribution in [2.24, 2.45) is 5.92 Å². The first kappa shape index (κ1) is 18.2. The van der Waals surface area contributed by atoms with Gasteiger partial charge in [-0.1, -0.05) is 78.1 Å². The van der Waals surface area contributed by atoms with Crippen LogP contribution in [0.3, 0.4) is 0 Å². The van der Waals surface area contributed by atoms with Crippen molar-refractivity contribution < 1.29 is 0 Å². The van der Waals surface area contributed by atoms with Gasteiger partial charge in [0, 0.05) is 6.54 Å². The van der Waals surface area contributed by atoms with E-state index in [0.29, 0.717) is 0 Å². The third-order valence-corrected chi connectivity index (χ3v) is 4.34. The highest BCUT2D eigenvalue weighted by Crippen LogP contribution is 2.20. The minimum Gasteiger partial charge on any atom is -0.253 e. The van der Waals surface area contributed by atoms with Gasteiger partial charge in [-0.25, -0.2) is 4.98 Å². The second-order valence-corrected chi connectivity index (χ2v) is 6.39. The van der Waals surface area contributed by atoms with E-state index in [2.05, 4.69) is 23.9 Å². The molecular weight excluding hydrogens is 258 g/mol. The van der Waals surface area contributed by atoms with E-state index in [0.717, 1.165) is 12.5 Å². The van der Waals surface area contributed by atoms with E-state index < -0.39 is 0 Å². The van der Waals surface area contributed by atoms with Crippen molar-refractivity contribution in [1.82, 2.24) is 14.8 Å². The van der Waals surface area contributed by atoms with Gasteiger partial charge < -0.3 is 0 Å². The minimum atomic E-state index is 0.787. The van der Waals surface area contributed by atoms with Crippen molar-refractivity contribution in [3.05, 3.63) is 12.7 Å². The van der Waals surface area contributed by atoms with Crippen LogP contribution in [0.1, 0.15) is 90.9 Å². The zero-order valence-corrected chi connectivity index (χ0v) is 14.3. The summed E-state index contributed by atoms with van der Waals surface area (Å²) in [6.45, 7) is 5.62. The van der Waals surface area contributed by atoms with Crippen molar-refractivity contribution in [2.45, 2.75) is 97.4 Å². The van der Waals surface area contributed by atoms with E-state index in [-0.39, 0.29) is 0 Å². The summed E-state index contributed by atoms with van der Waals surface area (Å²) in [5.41, 5.74) is 0. The van der Waals surface area contributed by atoms with Crippen molar-refractivity contribution >= 4 is 0 Å². The molecular formula is C18H35N3. The summed E-state index contributed by atoms with van der Waals surface area (Å²) in [4.78, 5) is 4.07. The lowest BCUT2D eigenvalue weighted by Crippen LogP contribution is -2.11. The first-order valence-electron chi connectivity index (χ1n) is 9.19. The number of aromatic nitrogens is 3. The molecule has 21 heavy (non-hydrogen) atoms. The second-order valence-electron chi connectivity index (χ2n) is 6.39. The molecule has 0 aliphatic heterocycles. The quantitative estimate of drug-likeness (QED) is 0.417. The van der Waals surface area contributed by atoms with Gasteiger partial charge in [0.05, 0.1) is 0 Å². The summed E-state index contributed by atoms with van der Waals surface area (Å²) in [5, 5.41) is 4.27. The molecule has 0 aliphatic carbocycles. The smallest absolute Gasteiger partial charge is 0.137 e. The maximum Gasteiger partial charge on any atom is 0.137 e. The topological polar surface area (TPSA) is 30.7 Å². The molecule has 0 amide bonds. The molecule has 1 heterocycles. The number of hydrogen-bond donors (Lipinski definition) is 0. The number of unbranched alkanes of at least 4 members (excludes halogenated alkanes) is 8. The maximum absolute atomic E-state index is 4.27. The highest BCUT2D eigenvalue weighted by Gasteiger charge is 2.10. The van der Waals surface area contributed by atoms with Crippen molar-refractivity contribution in [2.75, 3.05) is 0 Å². The summed E-state index contributed by atoms with van der Waals surface area (Å²) in [7, 11) is 0. The third kappa shape index (κ3) is 9.65. The molecule has 1 aromatic rings. The average Bonchev–Trinajstić information content (AvgIpc) is 2.99. The molecule has 1 atom stereocenters. The Bertz CT molecular complexity index is 308. The van der Waals surface area contributed by atoms with Crippen LogP contribution in [0.25, 0.3) is 0 Å². The fourth-order valence-electron chi connectivity index (χ4n) is 2.99. The Labute approximate surface area is 131 Å². The van der Waals surface area contributed by atoms with E-state index in [4.69, 9.17) is 0 Å². The predicted molar refractivity (Wildman–Crippen MR) is 90.3 cm³/mol. The molecule has 0 saturated carbocycles. The molecule has 0 spiro atoms. The Balaban J connectivity index is 2.19. The van der Waals surface area contributed by atoms with Crippen LogP contribution in [0.15, 0.2) is 12.7 Å². The van der Waals surface area contributed by atoms with Crippen LogP contribution in [0.4, 0.5) is 0 Å². The Hall–Kier alpha value is -0.860. The molecule has 3 heteroatoms. The molecule has 1 aromatic heterocycles. The standard InChI is InChI=1S/C18H35N3/c1-3-5-7-9-10-12-14-18(13-11-8-6-4-2)15-21-17-19-16-20-21/h16-18H,3-15H2,1-2H3. The lowest BCUT2D eigenvalue weighted by atomic mass is 9.94.